The van der Waals surface area contributed by atoms with E-state index < -0.39 is 0 Å². The molecule has 0 fully saturated rings. The summed E-state index contributed by atoms with van der Waals surface area (Å²) in [6.07, 6.45) is 0. The van der Waals surface area contributed by atoms with Crippen LogP contribution in [-0.4, -0.2) is 6.54 Å². The summed E-state index contributed by atoms with van der Waals surface area (Å²) in [5.74, 6) is 0.578. The minimum atomic E-state index is -0.234. The fraction of sp³-hybridized carbons (Fsp3) is 0.222. The van der Waals surface area contributed by atoms with Crippen molar-refractivity contribution in [3.63, 3.8) is 0 Å². The number of hydrogen-bond donors (Lipinski definition) is 1. The van der Waals surface area contributed by atoms with Gasteiger partial charge < -0.3 is 9.73 Å². The lowest BCUT2D eigenvalue weighted by Crippen LogP contribution is -2.21. The SMILES string of the molecule is CCNC(c1cccc(F)c1)c1cc2cccc(C)c2o1. The van der Waals surface area contributed by atoms with Gasteiger partial charge in [0, 0.05) is 5.39 Å². The molecule has 0 aliphatic heterocycles. The lowest BCUT2D eigenvalue weighted by atomic mass is 10.0. The first-order chi connectivity index (χ1) is 10.2. The predicted octanol–water partition coefficient (Wildman–Crippen LogP) is 4.58. The van der Waals surface area contributed by atoms with E-state index in [1.54, 1.807) is 12.1 Å². The molecule has 3 rings (SSSR count). The summed E-state index contributed by atoms with van der Waals surface area (Å²) in [6, 6.07) is 14.6. The van der Waals surface area contributed by atoms with Crippen LogP contribution in [0.25, 0.3) is 11.0 Å². The summed E-state index contributed by atoms with van der Waals surface area (Å²) in [4.78, 5) is 0. The highest BCUT2D eigenvalue weighted by molar-refractivity contribution is 5.81. The first kappa shape index (κ1) is 13.8. The van der Waals surface area contributed by atoms with Gasteiger partial charge in [-0.2, -0.15) is 0 Å². The van der Waals surface area contributed by atoms with Gasteiger partial charge >= 0.3 is 0 Å². The molecule has 0 aliphatic carbocycles. The summed E-state index contributed by atoms with van der Waals surface area (Å²) in [5.41, 5.74) is 2.87. The molecule has 3 aromatic rings. The van der Waals surface area contributed by atoms with E-state index in [-0.39, 0.29) is 11.9 Å². The molecule has 0 saturated carbocycles. The average Bonchev–Trinajstić information content (AvgIpc) is 2.90. The first-order valence-corrected chi connectivity index (χ1v) is 7.17. The van der Waals surface area contributed by atoms with Crippen molar-refractivity contribution in [3.05, 3.63) is 71.2 Å². The van der Waals surface area contributed by atoms with Crippen molar-refractivity contribution in [2.75, 3.05) is 6.54 Å². The second-order valence-corrected chi connectivity index (χ2v) is 5.19. The van der Waals surface area contributed by atoms with Crippen LogP contribution in [0.1, 0.15) is 29.9 Å². The Kier molecular flexibility index (Phi) is 3.76. The van der Waals surface area contributed by atoms with Crippen LogP contribution in [0.5, 0.6) is 0 Å². The molecule has 0 radical (unpaired) electrons. The van der Waals surface area contributed by atoms with Crippen LogP contribution in [0.3, 0.4) is 0 Å². The van der Waals surface area contributed by atoms with Gasteiger partial charge in [-0.1, -0.05) is 37.3 Å². The monoisotopic (exact) mass is 283 g/mol. The third-order valence-corrected chi connectivity index (χ3v) is 3.63. The highest BCUT2D eigenvalue weighted by atomic mass is 19.1. The van der Waals surface area contributed by atoms with E-state index in [9.17, 15) is 4.39 Å². The van der Waals surface area contributed by atoms with Crippen LogP contribution in [0.15, 0.2) is 52.9 Å². The van der Waals surface area contributed by atoms with Crippen LogP contribution in [0.2, 0.25) is 0 Å². The molecule has 1 N–H and O–H groups in total. The van der Waals surface area contributed by atoms with E-state index in [4.69, 9.17) is 4.42 Å². The summed E-state index contributed by atoms with van der Waals surface area (Å²) in [7, 11) is 0. The van der Waals surface area contributed by atoms with Crippen LogP contribution in [0.4, 0.5) is 4.39 Å². The number of para-hydroxylation sites is 1. The average molecular weight is 283 g/mol. The van der Waals surface area contributed by atoms with Crippen LogP contribution in [-0.2, 0) is 0 Å². The maximum Gasteiger partial charge on any atom is 0.137 e. The number of aryl methyl sites for hydroxylation is 1. The molecule has 1 heterocycles. The molecule has 0 spiro atoms. The molecule has 3 heteroatoms. The molecule has 0 amide bonds. The van der Waals surface area contributed by atoms with Crippen LogP contribution in [0, 0.1) is 12.7 Å². The van der Waals surface area contributed by atoms with E-state index in [1.807, 2.05) is 44.2 Å². The Bertz CT molecular complexity index is 763. The summed E-state index contributed by atoms with van der Waals surface area (Å²) >= 11 is 0. The molecular weight excluding hydrogens is 265 g/mol. The number of hydrogen-bond acceptors (Lipinski definition) is 2. The minimum absolute atomic E-state index is 0.141. The molecule has 2 nitrogen and oxygen atoms in total. The van der Waals surface area contributed by atoms with Gasteiger partial charge in [-0.25, -0.2) is 4.39 Å². The molecule has 1 atom stereocenters. The highest BCUT2D eigenvalue weighted by Gasteiger charge is 2.18. The van der Waals surface area contributed by atoms with Gasteiger partial charge in [-0.15, -0.1) is 0 Å². The third-order valence-electron chi connectivity index (χ3n) is 3.63. The molecule has 0 bridgehead atoms. The van der Waals surface area contributed by atoms with Crippen LogP contribution < -0.4 is 5.32 Å². The quantitative estimate of drug-likeness (QED) is 0.758. The Balaban J connectivity index is 2.09. The van der Waals surface area contributed by atoms with Crippen molar-refractivity contribution < 1.29 is 8.81 Å². The first-order valence-electron chi connectivity index (χ1n) is 7.17. The maximum atomic E-state index is 13.5. The molecular formula is C18H18FNO. The molecule has 1 aromatic heterocycles. The van der Waals surface area contributed by atoms with E-state index in [2.05, 4.69) is 5.32 Å². The summed E-state index contributed by atoms with van der Waals surface area (Å²) in [6.45, 7) is 4.83. The Morgan fingerprint density at radius 1 is 1.14 bits per heavy atom. The number of fused-ring (bicyclic) bond motifs is 1. The van der Waals surface area contributed by atoms with Gasteiger partial charge in [0.25, 0.3) is 0 Å². The normalized spacial score (nSPS) is 12.7. The van der Waals surface area contributed by atoms with E-state index in [1.165, 1.54) is 6.07 Å². The Morgan fingerprint density at radius 3 is 2.67 bits per heavy atom. The number of halogens is 1. The Labute approximate surface area is 123 Å². The second-order valence-electron chi connectivity index (χ2n) is 5.19. The number of benzene rings is 2. The number of furan rings is 1. The third kappa shape index (κ3) is 2.69. The fourth-order valence-electron chi connectivity index (χ4n) is 2.64. The fourth-order valence-corrected chi connectivity index (χ4v) is 2.64. The molecule has 2 aromatic carbocycles. The smallest absolute Gasteiger partial charge is 0.137 e. The van der Waals surface area contributed by atoms with Crippen molar-refractivity contribution in [2.24, 2.45) is 0 Å². The van der Waals surface area contributed by atoms with E-state index in [0.717, 1.165) is 34.4 Å². The van der Waals surface area contributed by atoms with E-state index >= 15 is 0 Å². The lowest BCUT2D eigenvalue weighted by molar-refractivity contribution is 0.474. The second kappa shape index (κ2) is 5.70. The van der Waals surface area contributed by atoms with Gasteiger partial charge in [0.15, 0.2) is 0 Å². The molecule has 0 saturated heterocycles. The zero-order valence-electron chi connectivity index (χ0n) is 12.2. The minimum Gasteiger partial charge on any atom is -0.459 e. The molecule has 1 unspecified atom stereocenters. The lowest BCUT2D eigenvalue weighted by Gasteiger charge is -2.16. The molecule has 108 valence electrons. The van der Waals surface area contributed by atoms with Gasteiger partial charge in [0.05, 0.1) is 6.04 Å². The van der Waals surface area contributed by atoms with Crippen LogP contribution >= 0.6 is 0 Å². The largest absolute Gasteiger partial charge is 0.459 e. The van der Waals surface area contributed by atoms with Gasteiger partial charge in [-0.05, 0) is 42.8 Å². The Hall–Kier alpha value is -2.13. The Morgan fingerprint density at radius 2 is 1.95 bits per heavy atom. The zero-order valence-corrected chi connectivity index (χ0v) is 12.2. The van der Waals surface area contributed by atoms with Gasteiger partial charge in [0.2, 0.25) is 0 Å². The summed E-state index contributed by atoms with van der Waals surface area (Å²) in [5, 5.41) is 4.44. The van der Waals surface area contributed by atoms with E-state index in [0.29, 0.717) is 0 Å². The predicted molar refractivity (Wildman–Crippen MR) is 82.9 cm³/mol. The molecule has 21 heavy (non-hydrogen) atoms. The van der Waals surface area contributed by atoms with Crippen molar-refractivity contribution in [1.29, 1.82) is 0 Å². The van der Waals surface area contributed by atoms with Gasteiger partial charge in [0.1, 0.15) is 17.2 Å². The zero-order chi connectivity index (χ0) is 14.8. The topological polar surface area (TPSA) is 25.2 Å². The van der Waals surface area contributed by atoms with Crippen molar-refractivity contribution in [1.82, 2.24) is 5.32 Å². The standard InChI is InChI=1S/C18H18FNO/c1-3-20-17(13-7-5-9-15(19)10-13)16-11-14-8-4-6-12(2)18(14)21-16/h4-11,17,20H,3H2,1-2H3. The van der Waals surface area contributed by atoms with Gasteiger partial charge in [-0.3, -0.25) is 0 Å². The van der Waals surface area contributed by atoms with Crippen molar-refractivity contribution in [2.45, 2.75) is 19.9 Å². The maximum absolute atomic E-state index is 13.5. The van der Waals surface area contributed by atoms with Crippen molar-refractivity contribution in [3.8, 4) is 0 Å². The highest BCUT2D eigenvalue weighted by Crippen LogP contribution is 2.30. The molecule has 0 aliphatic rings. The number of nitrogens with one attached hydrogen (secondary N) is 1. The number of rotatable bonds is 4. The van der Waals surface area contributed by atoms with Crippen molar-refractivity contribution >= 4 is 11.0 Å². The summed E-state index contributed by atoms with van der Waals surface area (Å²) < 4.78 is 19.5.